The first-order valence-electron chi connectivity index (χ1n) is 5.86. The highest BCUT2D eigenvalue weighted by molar-refractivity contribution is 9.10. The molecule has 0 saturated carbocycles. The summed E-state index contributed by atoms with van der Waals surface area (Å²) in [5, 5.41) is 0. The number of nitrogens with zero attached hydrogens (tertiary/aromatic N) is 1. The molecule has 1 aromatic carbocycles. The normalized spacial score (nSPS) is 19.1. The molecule has 18 heavy (non-hydrogen) atoms. The molecule has 1 aliphatic heterocycles. The molecule has 0 atom stereocenters. The first-order chi connectivity index (χ1) is 8.41. The van der Waals surface area contributed by atoms with E-state index in [4.69, 9.17) is 0 Å². The topological polar surface area (TPSA) is 37.4 Å². The molecule has 1 fully saturated rings. The van der Waals surface area contributed by atoms with Crippen molar-refractivity contribution in [2.75, 3.05) is 13.1 Å². The fourth-order valence-electron chi connectivity index (χ4n) is 2.01. The monoisotopic (exact) mass is 335 g/mol. The van der Waals surface area contributed by atoms with Gasteiger partial charge in [-0.15, -0.1) is 0 Å². The third-order valence-electron chi connectivity index (χ3n) is 3.27. The third kappa shape index (κ3) is 2.75. The lowest BCUT2D eigenvalue weighted by Gasteiger charge is -2.29. The molecule has 0 radical (unpaired) electrons. The van der Waals surface area contributed by atoms with Crippen molar-refractivity contribution < 1.29 is 12.8 Å². The highest BCUT2D eigenvalue weighted by Gasteiger charge is 2.28. The lowest BCUT2D eigenvalue weighted by molar-refractivity contribution is 0.288. The van der Waals surface area contributed by atoms with E-state index >= 15 is 0 Å². The van der Waals surface area contributed by atoms with Crippen molar-refractivity contribution in [1.82, 2.24) is 4.31 Å². The van der Waals surface area contributed by atoms with Crippen molar-refractivity contribution in [3.63, 3.8) is 0 Å². The maximum Gasteiger partial charge on any atom is 0.243 e. The van der Waals surface area contributed by atoms with E-state index in [2.05, 4.69) is 22.9 Å². The van der Waals surface area contributed by atoms with E-state index in [1.807, 2.05) is 0 Å². The molecular weight excluding hydrogens is 321 g/mol. The summed E-state index contributed by atoms with van der Waals surface area (Å²) in [6.07, 6.45) is 1.75. The fourth-order valence-corrected chi connectivity index (χ4v) is 4.04. The van der Waals surface area contributed by atoms with Crippen LogP contribution in [0.4, 0.5) is 4.39 Å². The summed E-state index contributed by atoms with van der Waals surface area (Å²) in [5.41, 5.74) is 0. The SMILES string of the molecule is CC1CCN(S(=O)(=O)c2ccc(F)c(Br)c2)CC1. The van der Waals surface area contributed by atoms with Gasteiger partial charge in [0.05, 0.1) is 9.37 Å². The van der Waals surface area contributed by atoms with Crippen LogP contribution < -0.4 is 0 Å². The number of hydrogen-bond donors (Lipinski definition) is 0. The van der Waals surface area contributed by atoms with Gasteiger partial charge in [-0.3, -0.25) is 0 Å². The van der Waals surface area contributed by atoms with Gasteiger partial charge in [-0.1, -0.05) is 6.92 Å². The maximum absolute atomic E-state index is 13.1. The zero-order valence-corrected chi connectivity index (χ0v) is 12.5. The minimum absolute atomic E-state index is 0.144. The maximum atomic E-state index is 13.1. The van der Waals surface area contributed by atoms with Gasteiger partial charge in [-0.25, -0.2) is 12.8 Å². The van der Waals surface area contributed by atoms with E-state index < -0.39 is 15.8 Å². The molecule has 0 bridgehead atoms. The Balaban J connectivity index is 2.27. The van der Waals surface area contributed by atoms with Gasteiger partial charge in [0.2, 0.25) is 10.0 Å². The van der Waals surface area contributed by atoms with Crippen LogP contribution in [0.25, 0.3) is 0 Å². The van der Waals surface area contributed by atoms with E-state index in [9.17, 15) is 12.8 Å². The number of halogens is 2. The average molecular weight is 336 g/mol. The fraction of sp³-hybridized carbons (Fsp3) is 0.500. The zero-order chi connectivity index (χ0) is 13.3. The van der Waals surface area contributed by atoms with Gasteiger partial charge in [0, 0.05) is 13.1 Å². The zero-order valence-electron chi connectivity index (χ0n) is 10.1. The minimum atomic E-state index is -3.49. The van der Waals surface area contributed by atoms with Gasteiger partial charge in [0.15, 0.2) is 0 Å². The van der Waals surface area contributed by atoms with Crippen molar-refractivity contribution in [3.8, 4) is 0 Å². The van der Waals surface area contributed by atoms with Crippen molar-refractivity contribution in [2.45, 2.75) is 24.7 Å². The summed E-state index contributed by atoms with van der Waals surface area (Å²) in [6.45, 7) is 3.20. The first-order valence-corrected chi connectivity index (χ1v) is 8.10. The van der Waals surface area contributed by atoms with Crippen LogP contribution in [-0.4, -0.2) is 25.8 Å². The Kier molecular flexibility index (Phi) is 4.08. The summed E-state index contributed by atoms with van der Waals surface area (Å²) >= 11 is 3.01. The van der Waals surface area contributed by atoms with Gasteiger partial charge < -0.3 is 0 Å². The van der Waals surface area contributed by atoms with Gasteiger partial charge in [0.25, 0.3) is 0 Å². The van der Waals surface area contributed by atoms with Crippen LogP contribution >= 0.6 is 15.9 Å². The van der Waals surface area contributed by atoms with Crippen LogP contribution in [0.1, 0.15) is 19.8 Å². The Morgan fingerprint density at radius 3 is 2.50 bits per heavy atom. The summed E-state index contributed by atoms with van der Waals surface area (Å²) in [4.78, 5) is 0.144. The van der Waals surface area contributed by atoms with Gasteiger partial charge in [-0.2, -0.15) is 4.31 Å². The number of sulfonamides is 1. The second-order valence-corrected chi connectivity index (χ2v) is 7.45. The first kappa shape index (κ1) is 14.0. The van der Waals surface area contributed by atoms with Crippen LogP contribution in [-0.2, 0) is 10.0 Å². The van der Waals surface area contributed by atoms with Crippen LogP contribution in [0.2, 0.25) is 0 Å². The molecule has 0 amide bonds. The minimum Gasteiger partial charge on any atom is -0.207 e. The molecule has 2 rings (SSSR count). The van der Waals surface area contributed by atoms with E-state index in [0.717, 1.165) is 12.8 Å². The molecule has 1 aliphatic rings. The summed E-state index contributed by atoms with van der Waals surface area (Å²) in [5.74, 6) is 0.109. The number of benzene rings is 1. The summed E-state index contributed by atoms with van der Waals surface area (Å²) in [7, 11) is -3.49. The molecule has 6 heteroatoms. The van der Waals surface area contributed by atoms with Gasteiger partial charge >= 0.3 is 0 Å². The molecule has 1 heterocycles. The Labute approximate surface area is 115 Å². The Hall–Kier alpha value is -0.460. The Morgan fingerprint density at radius 2 is 1.94 bits per heavy atom. The largest absolute Gasteiger partial charge is 0.243 e. The van der Waals surface area contributed by atoms with Crippen LogP contribution in [0.5, 0.6) is 0 Å². The lowest BCUT2D eigenvalue weighted by atomic mass is 10.0. The number of rotatable bonds is 2. The molecule has 0 aromatic heterocycles. The van der Waals surface area contributed by atoms with E-state index in [0.29, 0.717) is 19.0 Å². The van der Waals surface area contributed by atoms with Crippen molar-refractivity contribution in [3.05, 3.63) is 28.5 Å². The summed E-state index contributed by atoms with van der Waals surface area (Å²) in [6, 6.07) is 3.81. The molecule has 0 unspecified atom stereocenters. The van der Waals surface area contributed by atoms with Crippen molar-refractivity contribution in [1.29, 1.82) is 0 Å². The second-order valence-electron chi connectivity index (χ2n) is 4.66. The average Bonchev–Trinajstić information content (AvgIpc) is 2.33. The number of piperidine rings is 1. The molecule has 0 aliphatic carbocycles. The summed E-state index contributed by atoms with van der Waals surface area (Å²) < 4.78 is 39.5. The van der Waals surface area contributed by atoms with Gasteiger partial charge in [-0.05, 0) is 52.9 Å². The molecule has 3 nitrogen and oxygen atoms in total. The predicted octanol–water partition coefficient (Wildman–Crippen LogP) is 3.01. The highest BCUT2D eigenvalue weighted by Crippen LogP contribution is 2.26. The predicted molar refractivity (Wildman–Crippen MR) is 71.3 cm³/mol. The molecule has 0 N–H and O–H groups in total. The van der Waals surface area contributed by atoms with Gasteiger partial charge in [0.1, 0.15) is 5.82 Å². The molecule has 0 spiro atoms. The van der Waals surface area contributed by atoms with Crippen LogP contribution in [0, 0.1) is 11.7 Å². The Bertz CT molecular complexity index is 539. The van der Waals surface area contributed by atoms with E-state index in [-0.39, 0.29) is 9.37 Å². The highest BCUT2D eigenvalue weighted by atomic mass is 79.9. The number of hydrogen-bond acceptors (Lipinski definition) is 2. The lowest BCUT2D eigenvalue weighted by Crippen LogP contribution is -2.37. The van der Waals surface area contributed by atoms with Crippen molar-refractivity contribution >= 4 is 26.0 Å². The third-order valence-corrected chi connectivity index (χ3v) is 5.77. The van der Waals surface area contributed by atoms with E-state index in [1.165, 1.54) is 22.5 Å². The van der Waals surface area contributed by atoms with E-state index in [1.54, 1.807) is 0 Å². The Morgan fingerprint density at radius 1 is 1.33 bits per heavy atom. The molecular formula is C12H15BrFNO2S. The standard InChI is InChI=1S/C12H15BrFNO2S/c1-9-4-6-15(7-5-9)18(16,17)10-2-3-12(14)11(13)8-10/h2-3,8-9H,4-7H2,1H3. The van der Waals surface area contributed by atoms with Crippen molar-refractivity contribution in [2.24, 2.45) is 5.92 Å². The smallest absolute Gasteiger partial charge is 0.207 e. The molecule has 1 aromatic rings. The second kappa shape index (κ2) is 5.27. The molecule has 1 saturated heterocycles. The van der Waals surface area contributed by atoms with Crippen LogP contribution in [0.15, 0.2) is 27.6 Å². The quantitative estimate of drug-likeness (QED) is 0.833. The van der Waals surface area contributed by atoms with Crippen LogP contribution in [0.3, 0.4) is 0 Å². The molecule has 100 valence electrons.